The number of para-hydroxylation sites is 2. The molecule has 1 unspecified atom stereocenters. The van der Waals surface area contributed by atoms with Crippen molar-refractivity contribution in [2.45, 2.75) is 19.9 Å². The van der Waals surface area contributed by atoms with Crippen molar-refractivity contribution in [1.82, 2.24) is 14.5 Å². The SMILES string of the molecule is Cc1ccc(-n2c(C(C)N(C)C(=O)Nc3ccccc3F)nc3ccccc3c2=O)cc1. The van der Waals surface area contributed by atoms with E-state index in [1.807, 2.05) is 37.3 Å². The van der Waals surface area contributed by atoms with E-state index in [4.69, 9.17) is 4.98 Å². The molecule has 1 aromatic heterocycles. The first-order chi connectivity index (χ1) is 15.4. The van der Waals surface area contributed by atoms with Gasteiger partial charge in [0.15, 0.2) is 0 Å². The van der Waals surface area contributed by atoms with E-state index in [0.29, 0.717) is 22.4 Å². The van der Waals surface area contributed by atoms with Crippen molar-refractivity contribution in [3.8, 4) is 5.69 Å². The first kappa shape index (κ1) is 21.2. The van der Waals surface area contributed by atoms with Crippen molar-refractivity contribution in [3.63, 3.8) is 0 Å². The molecule has 7 heteroatoms. The van der Waals surface area contributed by atoms with Crippen molar-refractivity contribution >= 4 is 22.6 Å². The van der Waals surface area contributed by atoms with Crippen LogP contribution in [0.15, 0.2) is 77.6 Å². The summed E-state index contributed by atoms with van der Waals surface area (Å²) in [6.45, 7) is 3.75. The Kier molecular flexibility index (Phi) is 5.73. The molecule has 162 valence electrons. The molecule has 0 spiro atoms. The lowest BCUT2D eigenvalue weighted by Crippen LogP contribution is -2.37. The summed E-state index contributed by atoms with van der Waals surface area (Å²) in [5.41, 5.74) is 2.13. The van der Waals surface area contributed by atoms with Gasteiger partial charge in [-0.25, -0.2) is 14.2 Å². The molecular weight excluding hydrogens is 407 g/mol. The second kappa shape index (κ2) is 8.63. The lowest BCUT2D eigenvalue weighted by Gasteiger charge is -2.27. The summed E-state index contributed by atoms with van der Waals surface area (Å²) in [6.07, 6.45) is 0. The minimum atomic E-state index is -0.583. The van der Waals surface area contributed by atoms with E-state index >= 15 is 0 Å². The quantitative estimate of drug-likeness (QED) is 0.492. The van der Waals surface area contributed by atoms with Crippen LogP contribution in [0.4, 0.5) is 14.9 Å². The van der Waals surface area contributed by atoms with Crippen molar-refractivity contribution in [2.75, 3.05) is 12.4 Å². The first-order valence-corrected chi connectivity index (χ1v) is 10.2. The third kappa shape index (κ3) is 3.97. The summed E-state index contributed by atoms with van der Waals surface area (Å²) in [4.78, 5) is 32.4. The van der Waals surface area contributed by atoms with Gasteiger partial charge in [0.2, 0.25) is 0 Å². The number of carbonyl (C=O) groups is 1. The van der Waals surface area contributed by atoms with Crippen LogP contribution in [0.5, 0.6) is 0 Å². The Morgan fingerprint density at radius 3 is 2.41 bits per heavy atom. The molecule has 0 saturated carbocycles. The molecule has 0 aliphatic heterocycles. The molecule has 1 heterocycles. The average molecular weight is 430 g/mol. The van der Waals surface area contributed by atoms with Crippen LogP contribution in [0.2, 0.25) is 0 Å². The van der Waals surface area contributed by atoms with Crippen LogP contribution in [0.25, 0.3) is 16.6 Å². The predicted molar refractivity (Wildman–Crippen MR) is 124 cm³/mol. The first-order valence-electron chi connectivity index (χ1n) is 10.2. The number of fused-ring (bicyclic) bond motifs is 1. The number of benzene rings is 3. The predicted octanol–water partition coefficient (Wildman–Crippen LogP) is 5.06. The number of urea groups is 1. The van der Waals surface area contributed by atoms with Crippen LogP contribution in [0.3, 0.4) is 0 Å². The van der Waals surface area contributed by atoms with Gasteiger partial charge in [-0.15, -0.1) is 0 Å². The minimum Gasteiger partial charge on any atom is -0.318 e. The van der Waals surface area contributed by atoms with Crippen molar-refractivity contribution < 1.29 is 9.18 Å². The molecule has 1 atom stereocenters. The van der Waals surface area contributed by atoms with E-state index < -0.39 is 17.9 Å². The minimum absolute atomic E-state index is 0.0824. The maximum atomic E-state index is 14.0. The van der Waals surface area contributed by atoms with Gasteiger partial charge in [0.05, 0.1) is 28.3 Å². The Balaban J connectivity index is 1.79. The standard InChI is InChI=1S/C25H23FN4O2/c1-16-12-14-18(15-13-16)30-23(27-21-10-6-4-8-19(21)24(30)31)17(2)29(3)25(32)28-22-11-7-5-9-20(22)26/h4-15,17H,1-3H3,(H,28,32). The monoisotopic (exact) mass is 430 g/mol. The molecule has 6 nitrogen and oxygen atoms in total. The molecule has 0 fully saturated rings. The molecule has 1 N–H and O–H groups in total. The van der Waals surface area contributed by atoms with Gasteiger partial charge < -0.3 is 10.2 Å². The van der Waals surface area contributed by atoms with E-state index in [9.17, 15) is 14.0 Å². The molecule has 0 bridgehead atoms. The molecule has 3 aromatic carbocycles. The topological polar surface area (TPSA) is 67.2 Å². The zero-order valence-electron chi connectivity index (χ0n) is 18.0. The number of carbonyl (C=O) groups excluding carboxylic acids is 1. The van der Waals surface area contributed by atoms with E-state index in [2.05, 4.69) is 5.32 Å². The van der Waals surface area contributed by atoms with E-state index in [0.717, 1.165) is 5.56 Å². The molecular formula is C25H23FN4O2. The fourth-order valence-electron chi connectivity index (χ4n) is 3.49. The van der Waals surface area contributed by atoms with Gasteiger partial charge in [0, 0.05) is 7.05 Å². The fourth-order valence-corrected chi connectivity index (χ4v) is 3.49. The lowest BCUT2D eigenvalue weighted by molar-refractivity contribution is 0.205. The number of nitrogens with one attached hydrogen (secondary N) is 1. The molecule has 4 rings (SSSR count). The number of anilines is 1. The Morgan fingerprint density at radius 2 is 1.69 bits per heavy atom. The maximum absolute atomic E-state index is 14.0. The summed E-state index contributed by atoms with van der Waals surface area (Å²) < 4.78 is 15.5. The molecule has 32 heavy (non-hydrogen) atoms. The van der Waals surface area contributed by atoms with Gasteiger partial charge in [0.25, 0.3) is 5.56 Å². The number of rotatable bonds is 4. The highest BCUT2D eigenvalue weighted by Gasteiger charge is 2.24. The number of nitrogens with zero attached hydrogens (tertiary/aromatic N) is 3. The van der Waals surface area contributed by atoms with Crippen molar-refractivity contribution in [2.24, 2.45) is 0 Å². The highest BCUT2D eigenvalue weighted by molar-refractivity contribution is 5.89. The lowest BCUT2D eigenvalue weighted by atomic mass is 10.1. The Labute approximate surface area is 184 Å². The third-order valence-electron chi connectivity index (χ3n) is 5.48. The van der Waals surface area contributed by atoms with E-state index in [1.54, 1.807) is 44.3 Å². The van der Waals surface area contributed by atoms with E-state index in [-0.39, 0.29) is 11.2 Å². The largest absolute Gasteiger partial charge is 0.322 e. The van der Waals surface area contributed by atoms with Crippen LogP contribution in [0, 0.1) is 12.7 Å². The molecule has 0 aliphatic rings. The number of amides is 2. The summed E-state index contributed by atoms with van der Waals surface area (Å²) >= 11 is 0. The van der Waals surface area contributed by atoms with Gasteiger partial charge >= 0.3 is 6.03 Å². The zero-order valence-corrected chi connectivity index (χ0v) is 18.0. The Hall–Kier alpha value is -4.00. The number of hydrogen-bond donors (Lipinski definition) is 1. The van der Waals surface area contributed by atoms with Gasteiger partial charge in [-0.1, -0.05) is 42.0 Å². The summed E-state index contributed by atoms with van der Waals surface area (Å²) in [6, 6.07) is 19.5. The Morgan fingerprint density at radius 1 is 1.03 bits per heavy atom. The average Bonchev–Trinajstić information content (AvgIpc) is 2.80. The number of aryl methyl sites for hydroxylation is 1. The second-order valence-corrected chi connectivity index (χ2v) is 7.66. The Bertz CT molecular complexity index is 1350. The van der Waals surface area contributed by atoms with Crippen LogP contribution in [-0.2, 0) is 0 Å². The molecule has 0 saturated heterocycles. The van der Waals surface area contributed by atoms with Crippen LogP contribution in [0.1, 0.15) is 24.4 Å². The smallest absolute Gasteiger partial charge is 0.318 e. The van der Waals surface area contributed by atoms with E-state index in [1.165, 1.54) is 21.6 Å². The van der Waals surface area contributed by atoms with Crippen molar-refractivity contribution in [1.29, 1.82) is 0 Å². The van der Waals surface area contributed by atoms with Gasteiger partial charge in [-0.05, 0) is 50.2 Å². The highest BCUT2D eigenvalue weighted by Crippen LogP contribution is 2.23. The molecule has 2 amide bonds. The number of halogens is 1. The van der Waals surface area contributed by atoms with Gasteiger partial charge in [-0.2, -0.15) is 0 Å². The third-order valence-corrected chi connectivity index (χ3v) is 5.48. The zero-order chi connectivity index (χ0) is 22.8. The summed E-state index contributed by atoms with van der Waals surface area (Å²) in [5, 5.41) is 3.06. The van der Waals surface area contributed by atoms with Crippen LogP contribution >= 0.6 is 0 Å². The molecule has 0 aliphatic carbocycles. The maximum Gasteiger partial charge on any atom is 0.322 e. The number of aromatic nitrogens is 2. The second-order valence-electron chi connectivity index (χ2n) is 7.66. The van der Waals surface area contributed by atoms with Gasteiger partial charge in [-0.3, -0.25) is 9.36 Å². The summed E-state index contributed by atoms with van der Waals surface area (Å²) in [5.74, 6) is -0.119. The molecule has 0 radical (unpaired) electrons. The highest BCUT2D eigenvalue weighted by atomic mass is 19.1. The normalized spacial score (nSPS) is 11.9. The fraction of sp³-hybridized carbons (Fsp3) is 0.160. The van der Waals surface area contributed by atoms with Gasteiger partial charge in [0.1, 0.15) is 11.6 Å². The molecule has 4 aromatic rings. The van der Waals surface area contributed by atoms with Crippen molar-refractivity contribution in [3.05, 3.63) is 100 Å². The van der Waals surface area contributed by atoms with Crippen LogP contribution < -0.4 is 10.9 Å². The van der Waals surface area contributed by atoms with Crippen LogP contribution in [-0.4, -0.2) is 27.5 Å². The summed E-state index contributed by atoms with van der Waals surface area (Å²) in [7, 11) is 1.58. The number of hydrogen-bond acceptors (Lipinski definition) is 3.